The first-order valence-corrected chi connectivity index (χ1v) is 8.84. The molecule has 31 heavy (non-hydrogen) atoms. The number of ether oxygens (including phenoxy) is 2. The molecular formula is C21H16N2O8. The summed E-state index contributed by atoms with van der Waals surface area (Å²) in [6, 6.07) is 10.6. The van der Waals surface area contributed by atoms with Crippen molar-refractivity contribution < 1.29 is 38.6 Å². The summed E-state index contributed by atoms with van der Waals surface area (Å²) in [4.78, 5) is 60.2. The van der Waals surface area contributed by atoms with E-state index in [1.807, 2.05) is 0 Å². The number of nitrogens with zero attached hydrogens (tertiary/aromatic N) is 1. The van der Waals surface area contributed by atoms with E-state index in [2.05, 4.69) is 10.1 Å². The first-order valence-electron chi connectivity index (χ1n) is 8.84. The number of methoxy groups -OCH3 is 1. The number of esters is 1. The molecule has 10 nitrogen and oxygen atoms in total. The van der Waals surface area contributed by atoms with E-state index in [0.29, 0.717) is 11.3 Å². The molecule has 3 rings (SSSR count). The van der Waals surface area contributed by atoms with Gasteiger partial charge >= 0.3 is 18.0 Å². The summed E-state index contributed by atoms with van der Waals surface area (Å²) in [6.07, 6.45) is 1.29. The Balaban J connectivity index is 1.85. The van der Waals surface area contributed by atoms with Gasteiger partial charge in [0.2, 0.25) is 0 Å². The third-order valence-electron chi connectivity index (χ3n) is 4.20. The summed E-state index contributed by atoms with van der Waals surface area (Å²) in [5.74, 6) is -3.10. The summed E-state index contributed by atoms with van der Waals surface area (Å²) < 4.78 is 9.63. The zero-order chi connectivity index (χ0) is 22.5. The number of aliphatic carboxylic acids is 1. The van der Waals surface area contributed by atoms with Gasteiger partial charge in [-0.15, -0.1) is 0 Å². The summed E-state index contributed by atoms with van der Waals surface area (Å²) in [7, 11) is 1.23. The molecule has 0 bridgehead atoms. The second kappa shape index (κ2) is 8.91. The van der Waals surface area contributed by atoms with Crippen molar-refractivity contribution in [3.8, 4) is 5.75 Å². The first-order chi connectivity index (χ1) is 14.8. The van der Waals surface area contributed by atoms with E-state index < -0.39 is 36.4 Å². The third-order valence-corrected chi connectivity index (χ3v) is 4.20. The molecule has 0 aromatic heterocycles. The number of urea groups is 1. The average molecular weight is 424 g/mol. The van der Waals surface area contributed by atoms with Gasteiger partial charge in [-0.25, -0.2) is 19.3 Å². The predicted octanol–water partition coefficient (Wildman–Crippen LogP) is 1.60. The fourth-order valence-electron chi connectivity index (χ4n) is 2.73. The number of hydrogen-bond donors (Lipinski definition) is 2. The monoisotopic (exact) mass is 424 g/mol. The summed E-state index contributed by atoms with van der Waals surface area (Å²) in [5.41, 5.74) is 0.562. The number of hydrogen-bond acceptors (Lipinski definition) is 7. The van der Waals surface area contributed by atoms with Crippen molar-refractivity contribution in [3.05, 3.63) is 65.2 Å². The lowest BCUT2D eigenvalue weighted by Gasteiger charge is -2.26. The number of rotatable bonds is 6. The Morgan fingerprint density at radius 3 is 2.26 bits per heavy atom. The molecule has 0 spiro atoms. The van der Waals surface area contributed by atoms with Crippen molar-refractivity contribution in [2.24, 2.45) is 0 Å². The van der Waals surface area contributed by atoms with Gasteiger partial charge in [-0.05, 0) is 48.0 Å². The molecule has 1 aliphatic rings. The second-order valence-electron chi connectivity index (χ2n) is 6.25. The van der Waals surface area contributed by atoms with Crippen LogP contribution in [0.2, 0.25) is 0 Å². The standard InChI is InChI=1S/C21H16N2O8/c1-30-20(28)13-4-6-14(7-5-13)23-19(27)16(18(26)22-21(23)29)10-12-2-8-15(9-3-12)31-11-17(24)25/h2-10H,11H2,1H3,(H,24,25)(H,22,26,29)/b16-10+. The van der Waals surface area contributed by atoms with Crippen molar-refractivity contribution >= 4 is 41.5 Å². The quantitative estimate of drug-likeness (QED) is 0.405. The van der Waals surface area contributed by atoms with Gasteiger partial charge in [0.15, 0.2) is 6.61 Å². The molecule has 1 fully saturated rings. The molecule has 4 amide bonds. The molecule has 1 saturated heterocycles. The number of benzene rings is 2. The van der Waals surface area contributed by atoms with Crippen LogP contribution in [0.15, 0.2) is 54.1 Å². The number of carboxylic acids is 1. The minimum Gasteiger partial charge on any atom is -0.482 e. The van der Waals surface area contributed by atoms with Crippen LogP contribution >= 0.6 is 0 Å². The van der Waals surface area contributed by atoms with Crippen LogP contribution in [0.5, 0.6) is 5.75 Å². The Morgan fingerprint density at radius 2 is 1.68 bits per heavy atom. The number of amides is 4. The topological polar surface area (TPSA) is 139 Å². The van der Waals surface area contributed by atoms with E-state index in [1.54, 1.807) is 0 Å². The summed E-state index contributed by atoms with van der Waals surface area (Å²) in [6.45, 7) is -0.507. The van der Waals surface area contributed by atoms with Gasteiger partial charge < -0.3 is 14.6 Å². The van der Waals surface area contributed by atoms with Gasteiger partial charge in [0.05, 0.1) is 18.4 Å². The van der Waals surface area contributed by atoms with Crippen LogP contribution in [0.25, 0.3) is 6.08 Å². The Labute approximate surface area is 175 Å². The molecule has 158 valence electrons. The minimum atomic E-state index is -1.12. The Hall–Kier alpha value is -4.47. The Morgan fingerprint density at radius 1 is 1.03 bits per heavy atom. The molecule has 0 radical (unpaired) electrons. The van der Waals surface area contributed by atoms with Crippen LogP contribution in [0, 0.1) is 0 Å². The highest BCUT2D eigenvalue weighted by atomic mass is 16.5. The lowest BCUT2D eigenvalue weighted by atomic mass is 10.1. The number of carbonyl (C=O) groups is 5. The number of carbonyl (C=O) groups excluding carboxylic acids is 4. The number of carboxylic acid groups (broad SMARTS) is 1. The number of imide groups is 2. The molecule has 10 heteroatoms. The largest absolute Gasteiger partial charge is 0.482 e. The summed E-state index contributed by atoms with van der Waals surface area (Å²) in [5, 5.41) is 10.7. The normalized spacial score (nSPS) is 14.9. The lowest BCUT2D eigenvalue weighted by Crippen LogP contribution is -2.54. The Kier molecular flexibility index (Phi) is 6.10. The van der Waals surface area contributed by atoms with Crippen LogP contribution in [-0.2, 0) is 19.1 Å². The van der Waals surface area contributed by atoms with Crippen LogP contribution in [0.1, 0.15) is 15.9 Å². The predicted molar refractivity (Wildman–Crippen MR) is 106 cm³/mol. The van der Waals surface area contributed by atoms with Crippen molar-refractivity contribution in [1.82, 2.24) is 5.32 Å². The van der Waals surface area contributed by atoms with Gasteiger partial charge in [0, 0.05) is 0 Å². The number of nitrogens with one attached hydrogen (secondary N) is 1. The average Bonchev–Trinajstić information content (AvgIpc) is 2.75. The highest BCUT2D eigenvalue weighted by Crippen LogP contribution is 2.23. The van der Waals surface area contributed by atoms with Crippen LogP contribution < -0.4 is 15.0 Å². The molecule has 1 heterocycles. The van der Waals surface area contributed by atoms with Crippen LogP contribution in [-0.4, -0.2) is 48.6 Å². The number of anilines is 1. The highest BCUT2D eigenvalue weighted by molar-refractivity contribution is 6.39. The van der Waals surface area contributed by atoms with E-state index >= 15 is 0 Å². The molecular weight excluding hydrogens is 408 g/mol. The SMILES string of the molecule is COC(=O)c1ccc(N2C(=O)NC(=O)/C(=C\c3ccc(OCC(=O)O)cc3)C2=O)cc1. The van der Waals surface area contributed by atoms with E-state index in [1.165, 1.54) is 61.7 Å². The summed E-state index contributed by atoms with van der Waals surface area (Å²) >= 11 is 0. The minimum absolute atomic E-state index is 0.158. The lowest BCUT2D eigenvalue weighted by molar-refractivity contribution is -0.139. The maximum atomic E-state index is 12.9. The zero-order valence-electron chi connectivity index (χ0n) is 16.2. The smallest absolute Gasteiger partial charge is 0.341 e. The van der Waals surface area contributed by atoms with Crippen LogP contribution in [0.4, 0.5) is 10.5 Å². The second-order valence-corrected chi connectivity index (χ2v) is 6.25. The fourth-order valence-corrected chi connectivity index (χ4v) is 2.73. The molecule has 0 saturated carbocycles. The highest BCUT2D eigenvalue weighted by Gasteiger charge is 2.36. The van der Waals surface area contributed by atoms with Gasteiger partial charge in [-0.2, -0.15) is 0 Å². The number of barbiturate groups is 1. The maximum absolute atomic E-state index is 12.9. The molecule has 2 aromatic carbocycles. The van der Waals surface area contributed by atoms with Crippen LogP contribution in [0.3, 0.4) is 0 Å². The van der Waals surface area contributed by atoms with Gasteiger partial charge in [0.25, 0.3) is 11.8 Å². The molecule has 2 aromatic rings. The van der Waals surface area contributed by atoms with Gasteiger partial charge in [-0.1, -0.05) is 12.1 Å². The first kappa shape index (κ1) is 21.2. The van der Waals surface area contributed by atoms with Crippen molar-refractivity contribution in [2.75, 3.05) is 18.6 Å². The van der Waals surface area contributed by atoms with E-state index in [4.69, 9.17) is 9.84 Å². The fraction of sp³-hybridized carbons (Fsp3) is 0.0952. The van der Waals surface area contributed by atoms with E-state index in [0.717, 1.165) is 4.90 Å². The zero-order valence-corrected chi connectivity index (χ0v) is 16.2. The van der Waals surface area contributed by atoms with Crippen molar-refractivity contribution in [3.63, 3.8) is 0 Å². The van der Waals surface area contributed by atoms with Gasteiger partial charge in [-0.3, -0.25) is 14.9 Å². The third kappa shape index (κ3) is 4.75. The molecule has 2 N–H and O–H groups in total. The maximum Gasteiger partial charge on any atom is 0.341 e. The van der Waals surface area contributed by atoms with Crippen molar-refractivity contribution in [1.29, 1.82) is 0 Å². The molecule has 0 atom stereocenters. The molecule has 1 aliphatic heterocycles. The van der Waals surface area contributed by atoms with Crippen molar-refractivity contribution in [2.45, 2.75) is 0 Å². The molecule has 0 unspecified atom stereocenters. The Bertz CT molecular complexity index is 1090. The van der Waals surface area contributed by atoms with E-state index in [-0.39, 0.29) is 16.8 Å². The van der Waals surface area contributed by atoms with E-state index in [9.17, 15) is 24.0 Å². The molecule has 0 aliphatic carbocycles. The van der Waals surface area contributed by atoms with Gasteiger partial charge in [0.1, 0.15) is 11.3 Å².